The van der Waals surface area contributed by atoms with Gasteiger partial charge in [-0.1, -0.05) is 36.4 Å². The van der Waals surface area contributed by atoms with Gasteiger partial charge in [0.1, 0.15) is 11.0 Å². The maximum absolute atomic E-state index is 12.9. The molecule has 1 unspecified atom stereocenters. The molecule has 0 aliphatic heterocycles. The second-order valence-corrected chi connectivity index (χ2v) is 9.15. The van der Waals surface area contributed by atoms with Crippen molar-refractivity contribution in [1.29, 1.82) is 0 Å². The van der Waals surface area contributed by atoms with Crippen LogP contribution in [-0.4, -0.2) is 8.96 Å². The number of rotatable bonds is 4. The van der Waals surface area contributed by atoms with E-state index in [0.29, 0.717) is 6.54 Å². The molecule has 0 spiro atoms. The number of hydrogen-bond acceptors (Lipinski definition) is 1. The average Bonchev–Trinajstić information content (AvgIpc) is 2.46. The molecule has 0 aliphatic rings. The summed E-state index contributed by atoms with van der Waals surface area (Å²) in [6.07, 6.45) is 0. The first-order valence-corrected chi connectivity index (χ1v) is 9.06. The summed E-state index contributed by atoms with van der Waals surface area (Å²) in [4.78, 5) is 0. The van der Waals surface area contributed by atoms with E-state index in [9.17, 15) is 4.21 Å². The average molecular weight is 413 g/mol. The van der Waals surface area contributed by atoms with Crippen molar-refractivity contribution >= 4 is 39.3 Å². The summed E-state index contributed by atoms with van der Waals surface area (Å²) in [7, 11) is -1.10. The minimum Gasteiger partial charge on any atom is -0.287 e. The van der Waals surface area contributed by atoms with Crippen molar-refractivity contribution in [2.45, 2.75) is 32.1 Å². The standard InChI is InChI=1S/C17H20INOS/c1-17(2,3)21(20)19(15-10-5-4-6-11-15)13-14-9-7-8-12-16(14)18/h4-12H,13H2,1-3H3. The molecule has 0 saturated heterocycles. The van der Waals surface area contributed by atoms with Crippen molar-refractivity contribution in [3.63, 3.8) is 0 Å². The first-order chi connectivity index (χ1) is 9.89. The van der Waals surface area contributed by atoms with Crippen LogP contribution in [0.25, 0.3) is 0 Å². The van der Waals surface area contributed by atoms with Gasteiger partial charge in [-0.2, -0.15) is 0 Å². The fraction of sp³-hybridized carbons (Fsp3) is 0.294. The third-order valence-corrected chi connectivity index (χ3v) is 5.88. The molecule has 0 aliphatic carbocycles. The first kappa shape index (κ1) is 16.5. The van der Waals surface area contributed by atoms with Gasteiger partial charge in [0, 0.05) is 9.26 Å². The summed E-state index contributed by atoms with van der Waals surface area (Å²) < 4.78 is 15.8. The summed E-state index contributed by atoms with van der Waals surface area (Å²) in [6, 6.07) is 18.2. The zero-order chi connectivity index (χ0) is 15.5. The van der Waals surface area contributed by atoms with Crippen LogP contribution >= 0.6 is 22.6 Å². The summed E-state index contributed by atoms with van der Waals surface area (Å²) >= 11 is 2.33. The smallest absolute Gasteiger partial charge is 0.125 e. The van der Waals surface area contributed by atoms with Gasteiger partial charge in [-0.15, -0.1) is 0 Å². The number of anilines is 1. The zero-order valence-corrected chi connectivity index (χ0v) is 15.5. The topological polar surface area (TPSA) is 20.3 Å². The Kier molecular flexibility index (Phi) is 5.43. The van der Waals surface area contributed by atoms with E-state index in [0.717, 1.165) is 5.69 Å². The van der Waals surface area contributed by atoms with E-state index in [1.807, 2.05) is 67.5 Å². The van der Waals surface area contributed by atoms with Crippen molar-refractivity contribution in [2.75, 3.05) is 4.31 Å². The fourth-order valence-corrected chi connectivity index (χ4v) is 3.74. The van der Waals surface area contributed by atoms with Gasteiger partial charge in [-0.25, -0.2) is 4.21 Å². The van der Waals surface area contributed by atoms with Gasteiger partial charge in [0.25, 0.3) is 0 Å². The Balaban J connectivity index is 2.38. The molecule has 4 heteroatoms. The molecular formula is C17H20INOS. The van der Waals surface area contributed by atoms with Crippen molar-refractivity contribution in [2.24, 2.45) is 0 Å². The molecule has 0 saturated carbocycles. The molecule has 0 N–H and O–H groups in total. The number of nitrogens with zero attached hydrogens (tertiary/aromatic N) is 1. The lowest BCUT2D eigenvalue weighted by Gasteiger charge is -2.30. The zero-order valence-electron chi connectivity index (χ0n) is 12.5. The van der Waals surface area contributed by atoms with Crippen LogP contribution in [0.1, 0.15) is 26.3 Å². The van der Waals surface area contributed by atoms with Crippen LogP contribution < -0.4 is 4.31 Å². The van der Waals surface area contributed by atoms with Crippen molar-refractivity contribution in [1.82, 2.24) is 0 Å². The highest BCUT2D eigenvalue weighted by Gasteiger charge is 2.27. The molecule has 21 heavy (non-hydrogen) atoms. The van der Waals surface area contributed by atoms with Crippen molar-refractivity contribution < 1.29 is 4.21 Å². The Bertz CT molecular complexity index is 622. The quantitative estimate of drug-likeness (QED) is 0.662. The third-order valence-electron chi connectivity index (χ3n) is 3.04. The maximum atomic E-state index is 12.9. The predicted octanol–water partition coefficient (Wildman–Crippen LogP) is 4.76. The fourth-order valence-electron chi connectivity index (χ4n) is 1.95. The number of para-hydroxylation sites is 1. The van der Waals surface area contributed by atoms with Gasteiger partial charge >= 0.3 is 0 Å². The molecule has 112 valence electrons. The maximum Gasteiger partial charge on any atom is 0.125 e. The van der Waals surface area contributed by atoms with Gasteiger partial charge in [0.2, 0.25) is 0 Å². The van der Waals surface area contributed by atoms with E-state index in [1.54, 1.807) is 0 Å². The molecule has 0 heterocycles. The summed E-state index contributed by atoms with van der Waals surface area (Å²) in [5.74, 6) is 0. The third kappa shape index (κ3) is 4.30. The van der Waals surface area contributed by atoms with E-state index in [-0.39, 0.29) is 4.75 Å². The number of halogens is 1. The largest absolute Gasteiger partial charge is 0.287 e. The highest BCUT2D eigenvalue weighted by molar-refractivity contribution is 14.1. The minimum absolute atomic E-state index is 0.296. The monoisotopic (exact) mass is 413 g/mol. The summed E-state index contributed by atoms with van der Waals surface area (Å²) in [5.41, 5.74) is 2.19. The lowest BCUT2D eigenvalue weighted by Crippen LogP contribution is -2.37. The molecule has 2 aromatic carbocycles. The molecule has 1 atom stereocenters. The van der Waals surface area contributed by atoms with Crippen LogP contribution in [0, 0.1) is 3.57 Å². The van der Waals surface area contributed by atoms with E-state index in [1.165, 1.54) is 9.13 Å². The molecule has 0 radical (unpaired) electrons. The predicted molar refractivity (Wildman–Crippen MR) is 99.7 cm³/mol. The molecule has 0 aromatic heterocycles. The lowest BCUT2D eigenvalue weighted by molar-refractivity contribution is 0.643. The second-order valence-electron chi connectivity index (χ2n) is 5.83. The van der Waals surface area contributed by atoms with Crippen LogP contribution in [-0.2, 0) is 17.5 Å². The molecular weight excluding hydrogens is 393 g/mol. The van der Waals surface area contributed by atoms with Crippen LogP contribution in [0.5, 0.6) is 0 Å². The summed E-state index contributed by atoms with van der Waals surface area (Å²) in [5, 5.41) is 0. The van der Waals surface area contributed by atoms with Crippen LogP contribution in [0.2, 0.25) is 0 Å². The SMILES string of the molecule is CC(C)(C)S(=O)N(Cc1ccccc1I)c1ccccc1. The normalized spacial score (nSPS) is 13.0. The minimum atomic E-state index is -1.10. The number of hydrogen-bond donors (Lipinski definition) is 0. The first-order valence-electron chi connectivity index (χ1n) is 6.87. The van der Waals surface area contributed by atoms with E-state index in [2.05, 4.69) is 34.7 Å². The van der Waals surface area contributed by atoms with Gasteiger partial charge in [-0.3, -0.25) is 4.31 Å². The number of benzene rings is 2. The molecule has 0 fully saturated rings. The molecule has 0 amide bonds. The lowest BCUT2D eigenvalue weighted by atomic mass is 10.2. The van der Waals surface area contributed by atoms with Crippen LogP contribution in [0.4, 0.5) is 5.69 Å². The van der Waals surface area contributed by atoms with Gasteiger partial charge in [0.15, 0.2) is 0 Å². The Labute approximate surface area is 143 Å². The van der Waals surface area contributed by atoms with Gasteiger partial charge < -0.3 is 0 Å². The Hall–Kier alpha value is -0.880. The van der Waals surface area contributed by atoms with Gasteiger partial charge in [-0.05, 0) is 67.1 Å². The molecule has 2 rings (SSSR count). The van der Waals surface area contributed by atoms with Gasteiger partial charge in [0.05, 0.1) is 11.3 Å². The second kappa shape index (κ2) is 6.92. The Morgan fingerprint density at radius 2 is 1.57 bits per heavy atom. The highest BCUT2D eigenvalue weighted by atomic mass is 127. The summed E-state index contributed by atoms with van der Waals surface area (Å²) in [6.45, 7) is 6.67. The van der Waals surface area contributed by atoms with Crippen LogP contribution in [0.3, 0.4) is 0 Å². The molecule has 0 bridgehead atoms. The highest BCUT2D eigenvalue weighted by Crippen LogP contribution is 2.26. The van der Waals surface area contributed by atoms with Crippen molar-refractivity contribution in [3.8, 4) is 0 Å². The Morgan fingerprint density at radius 1 is 1.00 bits per heavy atom. The van der Waals surface area contributed by atoms with Crippen molar-refractivity contribution in [3.05, 3.63) is 63.7 Å². The van der Waals surface area contributed by atoms with E-state index in [4.69, 9.17) is 0 Å². The molecule has 2 nitrogen and oxygen atoms in total. The molecule has 2 aromatic rings. The van der Waals surface area contributed by atoms with Crippen LogP contribution in [0.15, 0.2) is 54.6 Å². The Morgan fingerprint density at radius 3 is 2.14 bits per heavy atom. The van der Waals surface area contributed by atoms with E-state index >= 15 is 0 Å². The van der Waals surface area contributed by atoms with E-state index < -0.39 is 11.0 Å².